The number of hydrogen-bond donors (Lipinski definition) is 1. The van der Waals surface area contributed by atoms with E-state index in [1.165, 1.54) is 19.2 Å². The summed E-state index contributed by atoms with van der Waals surface area (Å²) in [6, 6.07) is 7.46. The number of hydrogen-bond acceptors (Lipinski definition) is 6. The lowest BCUT2D eigenvalue weighted by molar-refractivity contribution is -0.384. The smallest absolute Gasteiger partial charge is 0.293 e. The fourth-order valence-electron chi connectivity index (χ4n) is 2.11. The van der Waals surface area contributed by atoms with Crippen molar-refractivity contribution in [3.8, 4) is 0 Å². The number of aromatic nitrogens is 1. The average Bonchev–Trinajstić information content (AvgIpc) is 2.55. The van der Waals surface area contributed by atoms with E-state index in [-0.39, 0.29) is 10.6 Å². The summed E-state index contributed by atoms with van der Waals surface area (Å²) in [5.41, 5.74) is 0.942. The van der Waals surface area contributed by atoms with E-state index in [0.717, 1.165) is 11.6 Å². The van der Waals surface area contributed by atoms with Crippen LogP contribution in [0.4, 0.5) is 11.4 Å². The molecule has 122 valence electrons. The predicted octanol–water partition coefficient (Wildman–Crippen LogP) is 1.53. The first-order valence-electron chi connectivity index (χ1n) is 6.67. The maximum atomic E-state index is 11.8. The molecular formula is C14H16N4O4S. The third-order valence-corrected chi connectivity index (χ3v) is 4.69. The molecule has 1 heterocycles. The van der Waals surface area contributed by atoms with Gasteiger partial charge in [-0.2, -0.15) is 0 Å². The SMILES string of the molecule is CNS(=O)(=O)c1ccc(N(C)Cc2cccnc2)c([N+](=O)[O-])c1. The van der Waals surface area contributed by atoms with E-state index in [9.17, 15) is 18.5 Å². The minimum atomic E-state index is -3.74. The van der Waals surface area contributed by atoms with Gasteiger partial charge >= 0.3 is 0 Å². The average molecular weight is 336 g/mol. The molecule has 0 fully saturated rings. The summed E-state index contributed by atoms with van der Waals surface area (Å²) in [6.45, 7) is 0.410. The monoisotopic (exact) mass is 336 g/mol. The Hall–Kier alpha value is -2.52. The van der Waals surface area contributed by atoms with Crippen LogP contribution < -0.4 is 9.62 Å². The second-order valence-corrected chi connectivity index (χ2v) is 6.72. The Morgan fingerprint density at radius 2 is 2.09 bits per heavy atom. The normalized spacial score (nSPS) is 11.2. The zero-order chi connectivity index (χ0) is 17.0. The van der Waals surface area contributed by atoms with Gasteiger partial charge < -0.3 is 4.90 Å². The second kappa shape index (κ2) is 6.71. The van der Waals surface area contributed by atoms with E-state index >= 15 is 0 Å². The van der Waals surface area contributed by atoms with Crippen LogP contribution in [-0.4, -0.2) is 32.4 Å². The van der Waals surface area contributed by atoms with Gasteiger partial charge in [-0.1, -0.05) is 6.07 Å². The van der Waals surface area contributed by atoms with Crippen LogP contribution >= 0.6 is 0 Å². The number of pyridine rings is 1. The fraction of sp³-hybridized carbons (Fsp3) is 0.214. The minimum Gasteiger partial charge on any atom is -0.365 e. The summed E-state index contributed by atoms with van der Waals surface area (Å²) < 4.78 is 25.7. The van der Waals surface area contributed by atoms with Gasteiger partial charge in [0, 0.05) is 32.1 Å². The molecule has 0 radical (unpaired) electrons. The zero-order valence-corrected chi connectivity index (χ0v) is 13.4. The van der Waals surface area contributed by atoms with Gasteiger partial charge in [0.2, 0.25) is 10.0 Å². The summed E-state index contributed by atoms with van der Waals surface area (Å²) in [7, 11) is -0.789. The summed E-state index contributed by atoms with van der Waals surface area (Å²) >= 11 is 0. The van der Waals surface area contributed by atoms with E-state index in [4.69, 9.17) is 0 Å². The minimum absolute atomic E-state index is 0.148. The predicted molar refractivity (Wildman–Crippen MR) is 85.7 cm³/mol. The summed E-state index contributed by atoms with van der Waals surface area (Å²) in [6.07, 6.45) is 3.31. The first kappa shape index (κ1) is 16.8. The summed E-state index contributed by atoms with van der Waals surface area (Å²) in [5, 5.41) is 11.3. The Morgan fingerprint density at radius 3 is 2.65 bits per heavy atom. The van der Waals surface area contributed by atoms with Crippen molar-refractivity contribution in [1.82, 2.24) is 9.71 Å². The molecule has 2 aromatic rings. The highest BCUT2D eigenvalue weighted by atomic mass is 32.2. The first-order chi connectivity index (χ1) is 10.8. The molecule has 23 heavy (non-hydrogen) atoms. The maximum Gasteiger partial charge on any atom is 0.293 e. The number of nitro groups is 1. The van der Waals surface area contributed by atoms with E-state index in [2.05, 4.69) is 9.71 Å². The number of nitrogens with zero attached hydrogens (tertiary/aromatic N) is 3. The maximum absolute atomic E-state index is 11.8. The Labute approximate surface area is 134 Å². The number of sulfonamides is 1. The van der Waals surface area contributed by atoms with Crippen LogP contribution in [0.5, 0.6) is 0 Å². The number of nitro benzene ring substituents is 1. The van der Waals surface area contributed by atoms with Gasteiger partial charge in [0.05, 0.1) is 9.82 Å². The molecule has 0 aliphatic heterocycles. The quantitative estimate of drug-likeness (QED) is 0.633. The molecule has 0 aliphatic rings. The Morgan fingerprint density at radius 1 is 1.35 bits per heavy atom. The van der Waals surface area contributed by atoms with Gasteiger partial charge in [-0.25, -0.2) is 13.1 Å². The molecule has 1 N–H and O–H groups in total. The number of benzene rings is 1. The molecule has 0 unspecified atom stereocenters. The van der Waals surface area contributed by atoms with Crippen LogP contribution in [0.3, 0.4) is 0 Å². The van der Waals surface area contributed by atoms with Crippen molar-refractivity contribution in [2.24, 2.45) is 0 Å². The van der Waals surface area contributed by atoms with Crippen LogP contribution in [0.25, 0.3) is 0 Å². The van der Waals surface area contributed by atoms with Crippen molar-refractivity contribution in [2.45, 2.75) is 11.4 Å². The number of rotatable bonds is 6. The van der Waals surface area contributed by atoms with Crippen LogP contribution in [0, 0.1) is 10.1 Å². The fourth-order valence-corrected chi connectivity index (χ4v) is 2.86. The standard InChI is InChI=1S/C14H16N4O4S/c1-15-23(21,22)12-5-6-13(14(8-12)18(19)20)17(2)10-11-4-3-7-16-9-11/h3-9,15H,10H2,1-2H3. The first-order valence-corrected chi connectivity index (χ1v) is 8.15. The molecule has 2 rings (SSSR count). The zero-order valence-electron chi connectivity index (χ0n) is 12.6. The second-order valence-electron chi connectivity index (χ2n) is 4.83. The van der Waals surface area contributed by atoms with Crippen molar-refractivity contribution in [3.05, 3.63) is 58.4 Å². The lowest BCUT2D eigenvalue weighted by atomic mass is 10.2. The van der Waals surface area contributed by atoms with Crippen molar-refractivity contribution in [3.63, 3.8) is 0 Å². The van der Waals surface area contributed by atoms with Crippen LogP contribution in [0.15, 0.2) is 47.6 Å². The molecule has 0 bridgehead atoms. The van der Waals surface area contributed by atoms with Gasteiger partial charge in [0.1, 0.15) is 5.69 Å². The lowest BCUT2D eigenvalue weighted by Gasteiger charge is -2.19. The van der Waals surface area contributed by atoms with Gasteiger partial charge in [0.15, 0.2) is 0 Å². The Balaban J connectivity index is 2.40. The van der Waals surface area contributed by atoms with Crippen LogP contribution in [-0.2, 0) is 16.6 Å². The Kier molecular flexibility index (Phi) is 4.92. The molecular weight excluding hydrogens is 320 g/mol. The van der Waals surface area contributed by atoms with E-state index in [1.54, 1.807) is 30.4 Å². The Bertz CT molecular complexity index is 809. The molecule has 0 spiro atoms. The number of nitrogens with one attached hydrogen (secondary N) is 1. The van der Waals surface area contributed by atoms with Crippen LogP contribution in [0.1, 0.15) is 5.56 Å². The van der Waals surface area contributed by atoms with Gasteiger partial charge in [-0.05, 0) is 30.8 Å². The van der Waals surface area contributed by atoms with Crippen molar-refractivity contribution in [1.29, 1.82) is 0 Å². The third-order valence-electron chi connectivity index (χ3n) is 3.28. The molecule has 0 aliphatic carbocycles. The van der Waals surface area contributed by atoms with E-state index < -0.39 is 14.9 Å². The van der Waals surface area contributed by atoms with E-state index in [0.29, 0.717) is 12.2 Å². The molecule has 8 nitrogen and oxygen atoms in total. The summed E-state index contributed by atoms with van der Waals surface area (Å²) in [5.74, 6) is 0. The lowest BCUT2D eigenvalue weighted by Crippen LogP contribution is -2.20. The van der Waals surface area contributed by atoms with Gasteiger partial charge in [-0.3, -0.25) is 15.1 Å². The van der Waals surface area contributed by atoms with Crippen molar-refractivity contribution >= 4 is 21.4 Å². The highest BCUT2D eigenvalue weighted by molar-refractivity contribution is 7.89. The third kappa shape index (κ3) is 3.82. The molecule has 0 atom stereocenters. The molecule has 9 heteroatoms. The molecule has 1 aromatic heterocycles. The molecule has 0 amide bonds. The summed E-state index contributed by atoms with van der Waals surface area (Å²) in [4.78, 5) is 16.2. The van der Waals surface area contributed by atoms with E-state index in [1.807, 2.05) is 6.07 Å². The van der Waals surface area contributed by atoms with Crippen LogP contribution in [0.2, 0.25) is 0 Å². The molecule has 0 saturated carbocycles. The number of anilines is 1. The topological polar surface area (TPSA) is 105 Å². The highest BCUT2D eigenvalue weighted by Crippen LogP contribution is 2.30. The van der Waals surface area contributed by atoms with Crippen molar-refractivity contribution in [2.75, 3.05) is 19.0 Å². The largest absolute Gasteiger partial charge is 0.365 e. The van der Waals surface area contributed by atoms with Gasteiger partial charge in [0.25, 0.3) is 5.69 Å². The molecule has 0 saturated heterocycles. The highest BCUT2D eigenvalue weighted by Gasteiger charge is 2.22. The van der Waals surface area contributed by atoms with Crippen molar-refractivity contribution < 1.29 is 13.3 Å². The molecule has 1 aromatic carbocycles. The van der Waals surface area contributed by atoms with Gasteiger partial charge in [-0.15, -0.1) is 0 Å².